The van der Waals surface area contributed by atoms with E-state index in [0.29, 0.717) is 12.0 Å². The highest BCUT2D eigenvalue weighted by Gasteiger charge is 2.56. The van der Waals surface area contributed by atoms with Gasteiger partial charge in [0, 0.05) is 18.4 Å². The van der Waals surface area contributed by atoms with E-state index in [-0.39, 0.29) is 25.4 Å². The summed E-state index contributed by atoms with van der Waals surface area (Å²) in [6.45, 7) is 7.41. The lowest BCUT2D eigenvalue weighted by molar-refractivity contribution is -0.188. The number of aliphatic hydroxyl groups is 2. The first-order chi connectivity index (χ1) is 13.9. The molecular formula is C21H28N2O6S. The van der Waals surface area contributed by atoms with Gasteiger partial charge in [0.2, 0.25) is 5.91 Å². The lowest BCUT2D eigenvalue weighted by Gasteiger charge is -2.30. The molecule has 2 atom stereocenters. The van der Waals surface area contributed by atoms with Gasteiger partial charge in [-0.25, -0.2) is 4.79 Å². The second kappa shape index (κ2) is 7.86. The van der Waals surface area contributed by atoms with Crippen molar-refractivity contribution in [3.63, 3.8) is 0 Å². The topological polar surface area (TPSA) is 116 Å². The van der Waals surface area contributed by atoms with Crippen molar-refractivity contribution < 1.29 is 29.3 Å². The van der Waals surface area contributed by atoms with Crippen molar-refractivity contribution in [2.75, 3.05) is 6.61 Å². The van der Waals surface area contributed by atoms with Gasteiger partial charge < -0.3 is 20.3 Å². The van der Waals surface area contributed by atoms with Gasteiger partial charge in [-0.3, -0.25) is 13.9 Å². The van der Waals surface area contributed by atoms with Crippen LogP contribution in [0.5, 0.6) is 0 Å². The Labute approximate surface area is 180 Å². The number of nitrogens with zero attached hydrogens (tertiary/aromatic N) is 1. The first-order valence-electron chi connectivity index (χ1n) is 9.94. The van der Waals surface area contributed by atoms with E-state index in [1.54, 1.807) is 31.2 Å². The molecule has 2 amide bonds. The van der Waals surface area contributed by atoms with Gasteiger partial charge in [0.15, 0.2) is 0 Å². The summed E-state index contributed by atoms with van der Waals surface area (Å²) in [6, 6.07) is 6.95. The molecular weight excluding hydrogens is 408 g/mol. The maximum Gasteiger partial charge on any atom is 0.332 e. The number of carbonyl (C=O) groups is 3. The summed E-state index contributed by atoms with van der Waals surface area (Å²) in [7, 11) is 0. The average Bonchev–Trinajstić information content (AvgIpc) is 3.14. The van der Waals surface area contributed by atoms with Gasteiger partial charge >= 0.3 is 5.97 Å². The molecule has 30 heavy (non-hydrogen) atoms. The first kappa shape index (κ1) is 22.6. The molecule has 0 bridgehead atoms. The SMILES string of the molecule is CCOC(=O)C1(Cc2ccc(C3SN(C(C)(C)C)C(=O)C3(O)O)cc2)CCC(=O)N1. The van der Waals surface area contributed by atoms with Crippen molar-refractivity contribution >= 4 is 29.7 Å². The Hall–Kier alpha value is -2.10. The average molecular weight is 437 g/mol. The molecule has 1 aromatic rings. The summed E-state index contributed by atoms with van der Waals surface area (Å²) in [5, 5.41) is 22.8. The molecule has 2 fully saturated rings. The van der Waals surface area contributed by atoms with Crippen LogP contribution in [0.3, 0.4) is 0 Å². The van der Waals surface area contributed by atoms with Gasteiger partial charge in [-0.2, -0.15) is 0 Å². The van der Waals surface area contributed by atoms with Gasteiger partial charge in [0.25, 0.3) is 11.7 Å². The van der Waals surface area contributed by atoms with E-state index in [1.807, 2.05) is 20.8 Å². The quantitative estimate of drug-likeness (QED) is 0.363. The first-order valence-corrected chi connectivity index (χ1v) is 10.8. The van der Waals surface area contributed by atoms with Crippen molar-refractivity contribution in [2.24, 2.45) is 0 Å². The van der Waals surface area contributed by atoms with Crippen molar-refractivity contribution in [3.05, 3.63) is 35.4 Å². The molecule has 0 spiro atoms. The molecule has 3 N–H and O–H groups in total. The highest BCUT2D eigenvalue weighted by Crippen LogP contribution is 2.50. The van der Waals surface area contributed by atoms with Crippen LogP contribution in [0, 0.1) is 0 Å². The second-order valence-electron chi connectivity index (χ2n) is 8.75. The van der Waals surface area contributed by atoms with Gasteiger partial charge in [0.05, 0.1) is 6.61 Å². The Kier molecular flexibility index (Phi) is 5.92. The lowest BCUT2D eigenvalue weighted by Crippen LogP contribution is -2.51. The third-order valence-electron chi connectivity index (χ3n) is 5.30. The van der Waals surface area contributed by atoms with Gasteiger partial charge in [-0.1, -0.05) is 24.3 Å². The number of benzene rings is 1. The molecule has 2 saturated heterocycles. The zero-order chi connectivity index (χ0) is 22.3. The fourth-order valence-electron chi connectivity index (χ4n) is 3.75. The van der Waals surface area contributed by atoms with Crippen LogP contribution in [0.25, 0.3) is 0 Å². The van der Waals surface area contributed by atoms with Crippen LogP contribution < -0.4 is 5.32 Å². The fraction of sp³-hybridized carbons (Fsp3) is 0.571. The smallest absolute Gasteiger partial charge is 0.332 e. The van der Waals surface area contributed by atoms with Crippen LogP contribution in [0.1, 0.15) is 56.9 Å². The lowest BCUT2D eigenvalue weighted by atomic mass is 9.88. The summed E-state index contributed by atoms with van der Waals surface area (Å²) in [5.74, 6) is -3.90. The zero-order valence-corrected chi connectivity index (χ0v) is 18.4. The Bertz CT molecular complexity index is 848. The molecule has 9 heteroatoms. The van der Waals surface area contributed by atoms with Gasteiger partial charge in [0.1, 0.15) is 10.8 Å². The third-order valence-corrected chi connectivity index (χ3v) is 7.03. The molecule has 8 nitrogen and oxygen atoms in total. The van der Waals surface area contributed by atoms with E-state index in [2.05, 4.69) is 5.32 Å². The van der Waals surface area contributed by atoms with E-state index in [4.69, 9.17) is 4.74 Å². The minimum atomic E-state index is -2.51. The van der Waals surface area contributed by atoms with Crippen molar-refractivity contribution in [1.29, 1.82) is 0 Å². The number of amides is 2. The Morgan fingerprint density at radius 2 is 1.90 bits per heavy atom. The van der Waals surface area contributed by atoms with Gasteiger partial charge in [-0.15, -0.1) is 0 Å². The highest BCUT2D eigenvalue weighted by molar-refractivity contribution is 7.98. The maximum atomic E-state index is 12.5. The van der Waals surface area contributed by atoms with Crippen LogP contribution in [0.15, 0.2) is 24.3 Å². The molecule has 2 aliphatic heterocycles. The molecule has 2 aliphatic rings. The number of ether oxygens (including phenoxy) is 1. The summed E-state index contributed by atoms with van der Waals surface area (Å²) in [6.07, 6.45) is 0.889. The summed E-state index contributed by atoms with van der Waals surface area (Å²) < 4.78 is 6.56. The number of rotatable bonds is 5. The summed E-state index contributed by atoms with van der Waals surface area (Å²) >= 11 is 1.09. The molecule has 0 aliphatic carbocycles. The van der Waals surface area contributed by atoms with Crippen molar-refractivity contribution in [2.45, 2.75) is 69.1 Å². The van der Waals surface area contributed by atoms with E-state index in [9.17, 15) is 24.6 Å². The standard InChI is InChI=1S/C21H28N2O6S/c1-5-29-18(26)20(11-10-15(24)22-20)12-13-6-8-14(9-7-13)16-21(27,28)17(25)23(30-16)19(2,3)4/h6-9,16,27-28H,5,10-12H2,1-4H3,(H,22,24). The predicted octanol–water partition coefficient (Wildman–Crippen LogP) is 1.45. The number of hydrogen-bond donors (Lipinski definition) is 3. The molecule has 3 rings (SSSR count). The van der Waals surface area contributed by atoms with Crippen molar-refractivity contribution in [3.8, 4) is 0 Å². The summed E-state index contributed by atoms with van der Waals surface area (Å²) in [5.41, 5.74) is -0.292. The molecule has 0 saturated carbocycles. The normalized spacial score (nSPS) is 26.1. The fourth-order valence-corrected chi connectivity index (χ4v) is 5.03. The van der Waals surface area contributed by atoms with Crippen LogP contribution >= 0.6 is 11.9 Å². The zero-order valence-electron chi connectivity index (χ0n) is 17.6. The molecule has 2 unspecified atom stereocenters. The minimum absolute atomic E-state index is 0.187. The maximum absolute atomic E-state index is 12.5. The highest BCUT2D eigenvalue weighted by atomic mass is 32.2. The van der Waals surface area contributed by atoms with Crippen LogP contribution in [0.2, 0.25) is 0 Å². The number of hydrogen-bond acceptors (Lipinski definition) is 7. The molecule has 0 radical (unpaired) electrons. The summed E-state index contributed by atoms with van der Waals surface area (Å²) in [4.78, 5) is 36.8. The third kappa shape index (κ3) is 4.06. The van der Waals surface area contributed by atoms with E-state index in [0.717, 1.165) is 17.5 Å². The molecule has 2 heterocycles. The monoisotopic (exact) mass is 436 g/mol. The van der Waals surface area contributed by atoms with Crippen LogP contribution in [-0.4, -0.2) is 55.8 Å². The molecule has 164 valence electrons. The second-order valence-corrected chi connectivity index (χ2v) is 9.80. The van der Waals surface area contributed by atoms with E-state index in [1.165, 1.54) is 4.31 Å². The van der Waals surface area contributed by atoms with E-state index >= 15 is 0 Å². The number of nitrogens with one attached hydrogen (secondary N) is 1. The van der Waals surface area contributed by atoms with Gasteiger partial charge in [-0.05, 0) is 57.2 Å². The predicted molar refractivity (Wildman–Crippen MR) is 111 cm³/mol. The number of carbonyl (C=O) groups excluding carboxylic acids is 3. The Morgan fingerprint density at radius 3 is 2.37 bits per heavy atom. The van der Waals surface area contributed by atoms with Crippen LogP contribution in [0.4, 0.5) is 0 Å². The van der Waals surface area contributed by atoms with Crippen LogP contribution in [-0.2, 0) is 25.5 Å². The number of esters is 1. The Morgan fingerprint density at radius 1 is 1.27 bits per heavy atom. The van der Waals surface area contributed by atoms with Crippen molar-refractivity contribution in [1.82, 2.24) is 9.62 Å². The largest absolute Gasteiger partial charge is 0.464 e. The Balaban J connectivity index is 1.82. The molecule has 0 aromatic heterocycles. The van der Waals surface area contributed by atoms with E-state index < -0.39 is 34.0 Å². The minimum Gasteiger partial charge on any atom is -0.464 e. The molecule has 1 aromatic carbocycles.